The lowest BCUT2D eigenvalue weighted by molar-refractivity contribution is 0.0685. The van der Waals surface area contributed by atoms with Gasteiger partial charge in [0.25, 0.3) is 0 Å². The van der Waals surface area contributed by atoms with Crippen LogP contribution < -0.4 is 5.32 Å². The molecule has 1 heterocycles. The maximum absolute atomic E-state index is 10.7. The Bertz CT molecular complexity index is 604. The van der Waals surface area contributed by atoms with Crippen molar-refractivity contribution in [3.63, 3.8) is 0 Å². The van der Waals surface area contributed by atoms with Gasteiger partial charge in [-0.3, -0.25) is 0 Å². The average molecular weight is 455 g/mol. The molecule has 5 nitrogen and oxygen atoms in total. The lowest BCUT2D eigenvalue weighted by Crippen LogP contribution is -2.00. The van der Waals surface area contributed by atoms with Crippen molar-refractivity contribution in [3.8, 4) is 0 Å². The first-order chi connectivity index (χ1) is 8.97. The standard InChI is InChI=1S/C11H7Br3N2O3/c12-5-1-7(13)10(8(14)2-5)15-4-6-3-9(11(17)18)16-19-6/h1-3,15H,4H2,(H,17,18). The molecule has 19 heavy (non-hydrogen) atoms. The van der Waals surface area contributed by atoms with E-state index in [1.54, 1.807) is 0 Å². The zero-order chi connectivity index (χ0) is 14.0. The van der Waals surface area contributed by atoms with Crippen LogP contribution >= 0.6 is 47.8 Å². The summed E-state index contributed by atoms with van der Waals surface area (Å²) < 4.78 is 7.59. The van der Waals surface area contributed by atoms with E-state index in [1.165, 1.54) is 6.07 Å². The normalized spacial score (nSPS) is 10.5. The van der Waals surface area contributed by atoms with Crippen LogP contribution in [0.5, 0.6) is 0 Å². The Morgan fingerprint density at radius 2 is 1.89 bits per heavy atom. The predicted molar refractivity (Wildman–Crippen MR) is 80.3 cm³/mol. The first-order valence-electron chi connectivity index (χ1n) is 5.04. The molecule has 0 saturated heterocycles. The Balaban J connectivity index is 2.12. The summed E-state index contributed by atoms with van der Waals surface area (Å²) in [5, 5.41) is 15.3. The summed E-state index contributed by atoms with van der Waals surface area (Å²) in [5.74, 6) is -0.667. The van der Waals surface area contributed by atoms with E-state index in [9.17, 15) is 4.79 Å². The largest absolute Gasteiger partial charge is 0.476 e. The van der Waals surface area contributed by atoms with Gasteiger partial charge in [-0.15, -0.1) is 0 Å². The van der Waals surface area contributed by atoms with E-state index in [2.05, 4.69) is 58.3 Å². The number of nitrogens with zero attached hydrogens (tertiary/aromatic N) is 1. The van der Waals surface area contributed by atoms with E-state index in [-0.39, 0.29) is 5.69 Å². The SMILES string of the molecule is O=C(O)c1cc(CNc2c(Br)cc(Br)cc2Br)on1. The van der Waals surface area contributed by atoms with Crippen LogP contribution in [0.25, 0.3) is 0 Å². The Hall–Kier alpha value is -0.860. The number of benzene rings is 1. The highest BCUT2D eigenvalue weighted by Gasteiger charge is 2.12. The topological polar surface area (TPSA) is 75.4 Å². The van der Waals surface area contributed by atoms with Crippen LogP contribution in [0.4, 0.5) is 5.69 Å². The molecule has 1 aromatic heterocycles. The number of carboxylic acids is 1. The molecule has 0 saturated carbocycles. The fourth-order valence-corrected chi connectivity index (χ4v) is 3.92. The maximum atomic E-state index is 10.7. The molecule has 1 aromatic carbocycles. The van der Waals surface area contributed by atoms with E-state index in [0.29, 0.717) is 12.3 Å². The Kier molecular flexibility index (Phi) is 4.64. The van der Waals surface area contributed by atoms with Gasteiger partial charge >= 0.3 is 5.97 Å². The highest BCUT2D eigenvalue weighted by molar-refractivity contribution is 9.11. The van der Waals surface area contributed by atoms with E-state index < -0.39 is 5.97 Å². The number of anilines is 1. The van der Waals surface area contributed by atoms with Gasteiger partial charge in [0.15, 0.2) is 11.5 Å². The predicted octanol–water partition coefficient (Wildman–Crippen LogP) is 4.27. The highest BCUT2D eigenvalue weighted by atomic mass is 79.9. The van der Waals surface area contributed by atoms with Crippen molar-refractivity contribution in [2.24, 2.45) is 0 Å². The number of hydrogen-bond donors (Lipinski definition) is 2. The number of hydrogen-bond acceptors (Lipinski definition) is 4. The summed E-state index contributed by atoms with van der Waals surface area (Å²) in [6, 6.07) is 5.18. The molecule has 0 fully saturated rings. The molecule has 0 aliphatic rings. The third kappa shape index (κ3) is 3.58. The zero-order valence-corrected chi connectivity index (χ0v) is 14.0. The van der Waals surface area contributed by atoms with Gasteiger partial charge in [-0.2, -0.15) is 0 Å². The number of carbonyl (C=O) groups is 1. The molecule has 0 radical (unpaired) electrons. The van der Waals surface area contributed by atoms with Gasteiger partial charge in [0.1, 0.15) is 0 Å². The molecule has 2 N–H and O–H groups in total. The summed E-state index contributed by atoms with van der Waals surface area (Å²) in [5.41, 5.74) is 0.738. The molecule has 0 unspecified atom stereocenters. The Morgan fingerprint density at radius 3 is 2.42 bits per heavy atom. The summed E-state index contributed by atoms with van der Waals surface area (Å²) in [6.45, 7) is 0.332. The second-order valence-corrected chi connectivity index (χ2v) is 6.21. The van der Waals surface area contributed by atoms with Gasteiger partial charge in [-0.25, -0.2) is 4.79 Å². The van der Waals surface area contributed by atoms with Gasteiger partial charge in [-0.1, -0.05) is 21.1 Å². The van der Waals surface area contributed by atoms with Crippen LogP contribution in [0.3, 0.4) is 0 Å². The summed E-state index contributed by atoms with van der Waals surface area (Å²) >= 11 is 10.3. The molecule has 0 amide bonds. The second-order valence-electron chi connectivity index (χ2n) is 3.58. The molecule has 8 heteroatoms. The summed E-state index contributed by atoms with van der Waals surface area (Å²) in [7, 11) is 0. The van der Waals surface area contributed by atoms with Crippen molar-refractivity contribution in [1.82, 2.24) is 5.16 Å². The molecule has 2 rings (SSSR count). The third-order valence-electron chi connectivity index (χ3n) is 2.22. The van der Waals surface area contributed by atoms with Crippen LogP contribution in [0.15, 0.2) is 36.1 Å². The molecule has 0 aliphatic heterocycles. The number of halogens is 3. The first kappa shape index (κ1) is 14.5. The Labute approximate surface area is 133 Å². The monoisotopic (exact) mass is 452 g/mol. The van der Waals surface area contributed by atoms with Crippen LogP contribution in [0.2, 0.25) is 0 Å². The number of aromatic nitrogens is 1. The second kappa shape index (κ2) is 6.06. The fourth-order valence-electron chi connectivity index (χ4n) is 1.38. The molecule has 0 atom stereocenters. The number of rotatable bonds is 4. The smallest absolute Gasteiger partial charge is 0.358 e. The molecule has 0 spiro atoms. The minimum absolute atomic E-state index is 0.106. The van der Waals surface area contributed by atoms with Crippen molar-refractivity contribution in [2.45, 2.75) is 6.54 Å². The average Bonchev–Trinajstić information content (AvgIpc) is 2.76. The summed E-state index contributed by atoms with van der Waals surface area (Å²) in [4.78, 5) is 10.7. The van der Waals surface area contributed by atoms with E-state index in [4.69, 9.17) is 9.63 Å². The van der Waals surface area contributed by atoms with Gasteiger partial charge in [-0.05, 0) is 44.0 Å². The van der Waals surface area contributed by atoms with Gasteiger partial charge in [0.2, 0.25) is 0 Å². The van der Waals surface area contributed by atoms with Gasteiger partial charge < -0.3 is 14.9 Å². The van der Waals surface area contributed by atoms with Crippen LogP contribution in [-0.4, -0.2) is 16.2 Å². The fraction of sp³-hybridized carbons (Fsp3) is 0.0909. The highest BCUT2D eigenvalue weighted by Crippen LogP contribution is 2.34. The van der Waals surface area contributed by atoms with E-state index in [1.807, 2.05) is 12.1 Å². The van der Waals surface area contributed by atoms with Crippen molar-refractivity contribution in [2.75, 3.05) is 5.32 Å². The zero-order valence-electron chi connectivity index (χ0n) is 9.28. The summed E-state index contributed by atoms with van der Waals surface area (Å²) in [6.07, 6.45) is 0. The Morgan fingerprint density at radius 1 is 1.26 bits per heavy atom. The first-order valence-corrected chi connectivity index (χ1v) is 7.42. The minimum atomic E-state index is -1.11. The molecule has 100 valence electrons. The lowest BCUT2D eigenvalue weighted by Gasteiger charge is -2.09. The molecule has 2 aromatic rings. The van der Waals surface area contributed by atoms with Crippen molar-refractivity contribution < 1.29 is 14.4 Å². The molecular weight excluding hydrogens is 448 g/mol. The number of aromatic carboxylic acids is 1. The van der Waals surface area contributed by atoms with Gasteiger partial charge in [0.05, 0.1) is 12.2 Å². The van der Waals surface area contributed by atoms with Crippen LogP contribution in [-0.2, 0) is 6.54 Å². The lowest BCUT2D eigenvalue weighted by atomic mass is 10.3. The molecule has 0 bridgehead atoms. The molecule has 0 aliphatic carbocycles. The van der Waals surface area contributed by atoms with Crippen molar-refractivity contribution >= 4 is 59.4 Å². The van der Waals surface area contributed by atoms with Crippen LogP contribution in [0.1, 0.15) is 16.2 Å². The van der Waals surface area contributed by atoms with E-state index in [0.717, 1.165) is 19.1 Å². The van der Waals surface area contributed by atoms with Crippen molar-refractivity contribution in [3.05, 3.63) is 43.1 Å². The quantitative estimate of drug-likeness (QED) is 0.721. The van der Waals surface area contributed by atoms with Crippen LogP contribution in [0, 0.1) is 0 Å². The van der Waals surface area contributed by atoms with Crippen molar-refractivity contribution in [1.29, 1.82) is 0 Å². The maximum Gasteiger partial charge on any atom is 0.358 e. The van der Waals surface area contributed by atoms with Gasteiger partial charge in [0, 0.05) is 19.5 Å². The number of carboxylic acid groups (broad SMARTS) is 1. The minimum Gasteiger partial charge on any atom is -0.476 e. The molecular formula is C11H7Br3N2O3. The van der Waals surface area contributed by atoms with E-state index >= 15 is 0 Å². The third-order valence-corrected chi connectivity index (χ3v) is 3.93. The number of nitrogens with one attached hydrogen (secondary N) is 1.